The fourth-order valence-electron chi connectivity index (χ4n) is 5.13. The number of hydrogen-bond acceptors (Lipinski definition) is 5. The van der Waals surface area contributed by atoms with Crippen LogP contribution in [0.1, 0.15) is 37.8 Å². The molecule has 0 N–H and O–H groups in total. The molecule has 12 heteroatoms. The summed E-state index contributed by atoms with van der Waals surface area (Å²) in [5.41, 5.74) is -3.40. The van der Waals surface area contributed by atoms with Crippen LogP contribution in [0.2, 0.25) is 0 Å². The Morgan fingerprint density at radius 1 is 0.917 bits per heavy atom. The number of carbonyl (C=O) groups is 2. The van der Waals surface area contributed by atoms with Crippen molar-refractivity contribution in [3.05, 3.63) is 40.5 Å². The Kier molecular flexibility index (Phi) is 6.78. The van der Waals surface area contributed by atoms with Gasteiger partial charge >= 0.3 is 18.3 Å². The number of rotatable bonds is 3. The number of piperidine rings is 1. The molecule has 1 spiro atoms. The molecule has 1 aromatic rings. The van der Waals surface area contributed by atoms with Crippen molar-refractivity contribution in [1.29, 1.82) is 0 Å². The summed E-state index contributed by atoms with van der Waals surface area (Å²) in [5.74, 6) is -0.909. The van der Waals surface area contributed by atoms with Crippen molar-refractivity contribution >= 4 is 17.6 Å². The number of benzene rings is 1. The van der Waals surface area contributed by atoms with Crippen molar-refractivity contribution in [3.8, 4) is 0 Å². The third kappa shape index (κ3) is 4.91. The van der Waals surface area contributed by atoms with E-state index < -0.39 is 35.0 Å². The molecular formula is C24H27F6N3O3. The minimum Gasteiger partial charge on any atom is -0.450 e. The zero-order chi connectivity index (χ0) is 26.5. The second kappa shape index (κ2) is 9.28. The number of hydrogen-bond donors (Lipinski definition) is 0. The quantitative estimate of drug-likeness (QED) is 0.445. The lowest BCUT2D eigenvalue weighted by Gasteiger charge is -2.41. The van der Waals surface area contributed by atoms with Crippen molar-refractivity contribution in [2.24, 2.45) is 0 Å². The van der Waals surface area contributed by atoms with Crippen LogP contribution in [0.15, 0.2) is 29.3 Å². The number of alkyl halides is 6. The molecule has 36 heavy (non-hydrogen) atoms. The van der Waals surface area contributed by atoms with E-state index in [1.807, 2.05) is 6.92 Å². The van der Waals surface area contributed by atoms with Gasteiger partial charge in [0.2, 0.25) is 0 Å². The molecule has 0 bridgehead atoms. The largest absolute Gasteiger partial charge is 0.450 e. The van der Waals surface area contributed by atoms with E-state index in [1.54, 1.807) is 6.92 Å². The molecule has 3 aliphatic rings. The van der Waals surface area contributed by atoms with Gasteiger partial charge in [0.05, 0.1) is 16.7 Å². The van der Waals surface area contributed by atoms with Crippen LogP contribution in [0.5, 0.6) is 0 Å². The van der Waals surface area contributed by atoms with Gasteiger partial charge < -0.3 is 19.4 Å². The van der Waals surface area contributed by atoms with Crippen LogP contribution in [0.25, 0.3) is 0 Å². The number of esters is 1. The molecule has 1 amide bonds. The van der Waals surface area contributed by atoms with Gasteiger partial charge in [-0.25, -0.2) is 4.79 Å². The first kappa shape index (κ1) is 26.3. The summed E-state index contributed by atoms with van der Waals surface area (Å²) in [6, 6.07) is 1.48. The first-order valence-corrected chi connectivity index (χ1v) is 11.8. The molecule has 0 aliphatic carbocycles. The molecule has 4 rings (SSSR count). The van der Waals surface area contributed by atoms with E-state index in [9.17, 15) is 35.9 Å². The van der Waals surface area contributed by atoms with Crippen LogP contribution >= 0.6 is 0 Å². The molecule has 0 aromatic heterocycles. The molecule has 0 saturated carbocycles. The maximum absolute atomic E-state index is 13.5. The van der Waals surface area contributed by atoms with E-state index in [0.717, 1.165) is 6.54 Å². The van der Waals surface area contributed by atoms with Crippen molar-refractivity contribution in [2.75, 3.05) is 50.7 Å². The van der Waals surface area contributed by atoms with E-state index >= 15 is 0 Å². The van der Waals surface area contributed by atoms with Gasteiger partial charge in [0.1, 0.15) is 5.60 Å². The predicted molar refractivity (Wildman–Crippen MR) is 118 cm³/mol. The normalized spacial score (nSPS) is 21.4. The van der Waals surface area contributed by atoms with Gasteiger partial charge in [0, 0.05) is 63.4 Å². The highest BCUT2D eigenvalue weighted by Crippen LogP contribution is 2.42. The first-order chi connectivity index (χ1) is 16.7. The topological polar surface area (TPSA) is 53.1 Å². The molecule has 0 atom stereocenters. The molecule has 0 unspecified atom stereocenters. The highest BCUT2D eigenvalue weighted by molar-refractivity contribution is 6.07. The molecule has 3 heterocycles. The third-order valence-corrected chi connectivity index (χ3v) is 7.25. The van der Waals surface area contributed by atoms with E-state index in [2.05, 4.69) is 4.90 Å². The maximum atomic E-state index is 13.5. The second-order valence-corrected chi connectivity index (χ2v) is 9.36. The Bertz CT molecular complexity index is 1030. The SMILES string of the molecule is CCN1CCC2(CC1)OC(=O)C(C)=C2C(=O)N1CCN(c2cc(C(F)(F)F)cc(C(F)(F)F)c2)CC1. The van der Waals surface area contributed by atoms with Crippen LogP contribution in [0, 0.1) is 0 Å². The van der Waals surface area contributed by atoms with Crippen LogP contribution in [-0.2, 0) is 26.7 Å². The zero-order valence-corrected chi connectivity index (χ0v) is 19.9. The van der Waals surface area contributed by atoms with Crippen LogP contribution in [0.4, 0.5) is 32.0 Å². The van der Waals surface area contributed by atoms with Crippen molar-refractivity contribution in [1.82, 2.24) is 9.80 Å². The van der Waals surface area contributed by atoms with Gasteiger partial charge in [-0.15, -0.1) is 0 Å². The standard InChI is InChI=1S/C24H27F6N3O3/c1-3-31-6-4-22(5-7-31)19(15(2)21(35)36-22)20(34)33-10-8-32(9-11-33)18-13-16(23(25,26)27)12-17(14-18)24(28,29)30/h12-14H,3-11H2,1-2H3. The average molecular weight is 519 g/mol. The number of anilines is 1. The summed E-state index contributed by atoms with van der Waals surface area (Å²) in [5, 5.41) is 0. The highest BCUT2D eigenvalue weighted by Gasteiger charge is 2.51. The van der Waals surface area contributed by atoms with Crippen molar-refractivity contribution in [3.63, 3.8) is 0 Å². The van der Waals surface area contributed by atoms with E-state index in [4.69, 9.17) is 4.74 Å². The van der Waals surface area contributed by atoms with E-state index in [1.165, 1.54) is 9.80 Å². The summed E-state index contributed by atoms with van der Waals surface area (Å²) >= 11 is 0. The lowest BCUT2D eigenvalue weighted by atomic mass is 9.82. The number of amides is 1. The Balaban J connectivity index is 1.52. The number of carbonyl (C=O) groups excluding carboxylic acids is 2. The summed E-state index contributed by atoms with van der Waals surface area (Å²) in [6.45, 7) is 5.99. The second-order valence-electron chi connectivity index (χ2n) is 9.36. The van der Waals surface area contributed by atoms with E-state index in [-0.39, 0.29) is 49.4 Å². The van der Waals surface area contributed by atoms with Gasteiger partial charge in [-0.2, -0.15) is 26.3 Å². The number of likely N-dealkylation sites (tertiary alicyclic amines) is 1. The highest BCUT2D eigenvalue weighted by atomic mass is 19.4. The number of halogens is 6. The van der Waals surface area contributed by atoms with Crippen molar-refractivity contribution < 1.29 is 40.7 Å². The Morgan fingerprint density at radius 3 is 1.92 bits per heavy atom. The van der Waals surface area contributed by atoms with Crippen LogP contribution < -0.4 is 4.90 Å². The smallest absolute Gasteiger partial charge is 0.416 e. The molecule has 2 fully saturated rings. The van der Waals surface area contributed by atoms with Gasteiger partial charge in [0.25, 0.3) is 5.91 Å². The van der Waals surface area contributed by atoms with Gasteiger partial charge in [-0.1, -0.05) is 6.92 Å². The summed E-state index contributed by atoms with van der Waals surface area (Å²) in [7, 11) is 0. The Labute approximate surface area is 204 Å². The lowest BCUT2D eigenvalue weighted by molar-refractivity contribution is -0.151. The number of ether oxygens (including phenoxy) is 1. The van der Waals surface area contributed by atoms with Crippen molar-refractivity contribution in [2.45, 2.75) is 44.6 Å². The van der Waals surface area contributed by atoms with Gasteiger partial charge in [0.15, 0.2) is 0 Å². The molecule has 3 aliphatic heterocycles. The fourth-order valence-corrected chi connectivity index (χ4v) is 5.13. The summed E-state index contributed by atoms with van der Waals surface area (Å²) < 4.78 is 85.2. The molecule has 1 aromatic carbocycles. The molecule has 6 nitrogen and oxygen atoms in total. The number of nitrogens with zero attached hydrogens (tertiary/aromatic N) is 3. The monoisotopic (exact) mass is 519 g/mol. The first-order valence-electron chi connectivity index (χ1n) is 11.8. The average Bonchev–Trinajstić information content (AvgIpc) is 3.06. The Hall–Kier alpha value is -2.76. The minimum atomic E-state index is -4.94. The zero-order valence-electron chi connectivity index (χ0n) is 19.9. The fraction of sp³-hybridized carbons (Fsp3) is 0.583. The molecule has 2 saturated heterocycles. The third-order valence-electron chi connectivity index (χ3n) is 7.25. The predicted octanol–water partition coefficient (Wildman–Crippen LogP) is 4.10. The molecular weight excluding hydrogens is 492 g/mol. The maximum Gasteiger partial charge on any atom is 0.416 e. The lowest BCUT2D eigenvalue weighted by Crippen LogP contribution is -2.53. The molecule has 0 radical (unpaired) electrons. The van der Waals surface area contributed by atoms with E-state index in [0.29, 0.717) is 43.6 Å². The minimum absolute atomic E-state index is 0.0437. The van der Waals surface area contributed by atoms with Gasteiger partial charge in [-0.3, -0.25) is 4.79 Å². The summed E-state index contributed by atoms with van der Waals surface area (Å²) in [4.78, 5) is 31.0. The Morgan fingerprint density at radius 2 is 1.44 bits per heavy atom. The van der Waals surface area contributed by atoms with Gasteiger partial charge in [-0.05, 0) is 31.7 Å². The van der Waals surface area contributed by atoms with Crippen LogP contribution in [-0.4, -0.2) is 73.1 Å². The molecule has 198 valence electrons. The number of piperazine rings is 1. The summed E-state index contributed by atoms with van der Waals surface area (Å²) in [6.07, 6.45) is -8.91. The van der Waals surface area contributed by atoms with Crippen LogP contribution in [0.3, 0.4) is 0 Å².